The lowest BCUT2D eigenvalue weighted by Crippen LogP contribution is -2.53. The van der Waals surface area contributed by atoms with Gasteiger partial charge in [0.25, 0.3) is 11.8 Å². The number of hydrogen-bond acceptors (Lipinski definition) is 8. The van der Waals surface area contributed by atoms with E-state index < -0.39 is 29.7 Å². The Hall–Kier alpha value is -3.90. The number of Topliss-reactive ketones (excluding diaryl/α,β-unsaturated/α-hetero) is 1. The van der Waals surface area contributed by atoms with E-state index in [0.717, 1.165) is 70.4 Å². The normalized spacial score (nSPS) is 19.9. The number of hydrogen-bond donors (Lipinski definition) is 4. The van der Waals surface area contributed by atoms with Crippen LogP contribution in [0.2, 0.25) is 0 Å². The highest BCUT2D eigenvalue weighted by molar-refractivity contribution is 6.38. The molecule has 1 aliphatic heterocycles. The van der Waals surface area contributed by atoms with E-state index in [1.807, 2.05) is 25.7 Å². The lowest BCUT2D eigenvalue weighted by Gasteiger charge is -2.30. The molecule has 0 bridgehead atoms. The molecule has 3 saturated carbocycles. The molecule has 2 heterocycles. The Kier molecular flexibility index (Phi) is 22.3. The number of rotatable bonds is 13. The number of ketones is 1. The zero-order chi connectivity index (χ0) is 37.8. The number of carbonyl (C=O) groups excluding carboxylic acids is 6. The molecular weight excluding hydrogens is 662 g/mol. The summed E-state index contributed by atoms with van der Waals surface area (Å²) >= 11 is 0. The van der Waals surface area contributed by atoms with Crippen LogP contribution in [0.1, 0.15) is 137 Å². The van der Waals surface area contributed by atoms with Crippen LogP contribution in [0, 0.1) is 23.7 Å². The summed E-state index contributed by atoms with van der Waals surface area (Å²) in [4.78, 5) is 81.2. The van der Waals surface area contributed by atoms with Gasteiger partial charge in [0.1, 0.15) is 11.7 Å². The Labute approximate surface area is 312 Å². The fraction of sp³-hybridized carbons (Fsp3) is 0.744. The minimum Gasteiger partial charge on any atom is -0.348 e. The Morgan fingerprint density at radius 1 is 0.904 bits per heavy atom. The van der Waals surface area contributed by atoms with Crippen molar-refractivity contribution in [2.75, 3.05) is 19.6 Å². The molecule has 5 rings (SSSR count). The maximum atomic E-state index is 13.0. The fourth-order valence-electron chi connectivity index (χ4n) is 6.62. The quantitative estimate of drug-likeness (QED) is 0.168. The highest BCUT2D eigenvalue weighted by Crippen LogP contribution is 2.37. The minimum atomic E-state index is -0.675. The smallest absolute Gasteiger partial charge is 0.289 e. The number of amides is 5. The molecule has 4 N–H and O–H groups in total. The van der Waals surface area contributed by atoms with Crippen LogP contribution in [-0.4, -0.2) is 88.4 Å². The highest BCUT2D eigenvalue weighted by atomic mass is 16.2. The van der Waals surface area contributed by atoms with Crippen LogP contribution >= 0.6 is 0 Å². The summed E-state index contributed by atoms with van der Waals surface area (Å²) in [6.07, 6.45) is 16.6. The lowest BCUT2D eigenvalue weighted by molar-refractivity contribution is -0.139. The summed E-state index contributed by atoms with van der Waals surface area (Å²) in [5, 5.41) is 10.6. The number of likely N-dealkylation sites (tertiary alicyclic amines) is 1. The molecule has 4 aliphatic rings. The lowest BCUT2D eigenvalue weighted by atomic mass is 9.83. The van der Waals surface area contributed by atoms with Gasteiger partial charge in [-0.2, -0.15) is 0 Å². The number of nitrogens with zero attached hydrogens (tertiary/aromatic N) is 3. The molecule has 1 saturated heterocycles. The van der Waals surface area contributed by atoms with Gasteiger partial charge in [0.2, 0.25) is 24.0 Å². The molecule has 52 heavy (non-hydrogen) atoms. The molecule has 13 heteroatoms. The molecule has 0 aromatic carbocycles. The number of nitrogens with one attached hydrogen (secondary N) is 4. The molecule has 3 aliphatic carbocycles. The molecule has 1 aromatic heterocycles. The van der Waals surface area contributed by atoms with E-state index in [9.17, 15) is 28.8 Å². The first-order chi connectivity index (χ1) is 24.5. The predicted octanol–water partition coefficient (Wildman–Crippen LogP) is 4.60. The second-order valence-electron chi connectivity index (χ2n) is 14.4. The van der Waals surface area contributed by atoms with Crippen LogP contribution in [0.4, 0.5) is 0 Å². The van der Waals surface area contributed by atoms with Gasteiger partial charge in [0.05, 0.1) is 18.8 Å². The van der Waals surface area contributed by atoms with Crippen molar-refractivity contribution in [3.05, 3.63) is 24.3 Å². The van der Waals surface area contributed by atoms with Crippen molar-refractivity contribution < 1.29 is 28.8 Å². The summed E-state index contributed by atoms with van der Waals surface area (Å²) < 4.78 is 0. The molecule has 1 aromatic rings. The Morgan fingerprint density at radius 3 is 2.04 bits per heavy atom. The summed E-state index contributed by atoms with van der Waals surface area (Å²) in [5.74, 6) is 0.318. The first-order valence-electron chi connectivity index (χ1n) is 19.2. The number of carbonyl (C=O) groups is 6. The van der Waals surface area contributed by atoms with Crippen LogP contribution < -0.4 is 21.3 Å². The Balaban J connectivity index is 0.000000517. The van der Waals surface area contributed by atoms with Gasteiger partial charge in [-0.3, -0.25) is 33.8 Å². The molecular formula is C39H67N7O6. The first kappa shape index (κ1) is 46.1. The summed E-state index contributed by atoms with van der Waals surface area (Å²) in [6.45, 7) is 14.0. The predicted molar refractivity (Wildman–Crippen MR) is 203 cm³/mol. The van der Waals surface area contributed by atoms with E-state index >= 15 is 0 Å². The van der Waals surface area contributed by atoms with Crippen molar-refractivity contribution in [3.8, 4) is 0 Å². The molecule has 4 unspecified atom stereocenters. The standard InChI is InChI=1S/C22H31N5O3.C10H16N2O3.C4H10.C2H6.CH4/c28-19(27-13-16-7-4-8-17(16)14-27)12-25-22(30)20(15-5-2-1-3-6-15)26-21(29)18-11-23-9-10-24-18;1-2-3-8(11-6-13)9(14)10(15)12-7-4-5-7;1-4(2)3;1-2;/h9-11,15-17,20H,1-8,12-14H2,(H,25,30)(H,26,29);6-8H,2-5H2,1H3,(H,11,13)(H,12,15);4H,1-3H3;1-2H3;1H4. The van der Waals surface area contributed by atoms with Gasteiger partial charge in [-0.05, 0) is 68.6 Å². The van der Waals surface area contributed by atoms with Crippen molar-refractivity contribution in [1.29, 1.82) is 0 Å². The summed E-state index contributed by atoms with van der Waals surface area (Å²) in [5.41, 5.74) is 0.186. The van der Waals surface area contributed by atoms with Crippen LogP contribution in [0.15, 0.2) is 18.6 Å². The van der Waals surface area contributed by atoms with Gasteiger partial charge in [0, 0.05) is 31.5 Å². The van der Waals surface area contributed by atoms with E-state index in [2.05, 4.69) is 52.0 Å². The summed E-state index contributed by atoms with van der Waals surface area (Å²) in [6, 6.07) is -1.17. The third-order valence-corrected chi connectivity index (χ3v) is 9.28. The van der Waals surface area contributed by atoms with E-state index in [-0.39, 0.29) is 43.4 Å². The van der Waals surface area contributed by atoms with Crippen LogP contribution in [-0.2, 0) is 24.0 Å². The zero-order valence-corrected chi connectivity index (χ0v) is 31.7. The molecule has 4 atom stereocenters. The van der Waals surface area contributed by atoms with Crippen molar-refractivity contribution in [2.24, 2.45) is 23.7 Å². The van der Waals surface area contributed by atoms with Crippen LogP contribution in [0.5, 0.6) is 0 Å². The van der Waals surface area contributed by atoms with E-state index in [1.54, 1.807) is 0 Å². The molecule has 294 valence electrons. The summed E-state index contributed by atoms with van der Waals surface area (Å²) in [7, 11) is 0. The molecule has 0 spiro atoms. The maximum absolute atomic E-state index is 13.0. The largest absolute Gasteiger partial charge is 0.348 e. The molecule has 4 fully saturated rings. The van der Waals surface area contributed by atoms with Gasteiger partial charge in [-0.1, -0.05) is 81.1 Å². The monoisotopic (exact) mass is 730 g/mol. The average molecular weight is 730 g/mol. The van der Waals surface area contributed by atoms with Crippen LogP contribution in [0.25, 0.3) is 0 Å². The van der Waals surface area contributed by atoms with E-state index in [0.29, 0.717) is 24.7 Å². The second-order valence-corrected chi connectivity index (χ2v) is 14.4. The Bertz CT molecular complexity index is 1220. The topological polar surface area (TPSA) is 180 Å². The third-order valence-electron chi connectivity index (χ3n) is 9.28. The van der Waals surface area contributed by atoms with Gasteiger partial charge >= 0.3 is 0 Å². The zero-order valence-electron chi connectivity index (χ0n) is 31.7. The molecule has 0 radical (unpaired) electrons. The van der Waals surface area contributed by atoms with Gasteiger partial charge in [0.15, 0.2) is 0 Å². The highest BCUT2D eigenvalue weighted by Gasteiger charge is 2.38. The molecule has 13 nitrogen and oxygen atoms in total. The maximum Gasteiger partial charge on any atom is 0.289 e. The van der Waals surface area contributed by atoms with Gasteiger partial charge < -0.3 is 26.2 Å². The van der Waals surface area contributed by atoms with Crippen molar-refractivity contribution in [3.63, 3.8) is 0 Å². The van der Waals surface area contributed by atoms with Gasteiger partial charge in [-0.25, -0.2) is 4.98 Å². The Morgan fingerprint density at radius 2 is 1.52 bits per heavy atom. The van der Waals surface area contributed by atoms with Crippen LogP contribution in [0.3, 0.4) is 0 Å². The van der Waals surface area contributed by atoms with Crippen molar-refractivity contribution >= 4 is 35.8 Å². The van der Waals surface area contributed by atoms with Crippen molar-refractivity contribution in [1.82, 2.24) is 36.1 Å². The average Bonchev–Trinajstić information content (AvgIpc) is 3.68. The molecule has 5 amide bonds. The SMILES string of the molecule is C.CC.CC(C)C.CCCC(NC=O)C(=O)C(=O)NC1CC1.O=C(NC(C(=O)NCC(=O)N1CC2CCCC2C1)C1CCCCC1)c1cnccn1. The van der Waals surface area contributed by atoms with Gasteiger partial charge in [-0.15, -0.1) is 0 Å². The van der Waals surface area contributed by atoms with E-state index in [1.165, 1.54) is 37.9 Å². The van der Waals surface area contributed by atoms with Crippen molar-refractivity contribution in [2.45, 2.75) is 144 Å². The third kappa shape index (κ3) is 16.2. The fourth-order valence-corrected chi connectivity index (χ4v) is 6.62. The minimum absolute atomic E-state index is 0. The van der Waals surface area contributed by atoms with E-state index in [4.69, 9.17) is 0 Å². The number of fused-ring (bicyclic) bond motifs is 1. The number of aromatic nitrogens is 2. The second kappa shape index (κ2) is 25.1. The first-order valence-corrected chi connectivity index (χ1v) is 19.2.